The number of nitrogens with two attached hydrogens (primary N) is 1. The van der Waals surface area contributed by atoms with Gasteiger partial charge < -0.3 is 14.8 Å². The molecule has 4 heteroatoms. The molecule has 5 rings (SSSR count). The van der Waals surface area contributed by atoms with Gasteiger partial charge in [-0.2, -0.15) is 0 Å². The summed E-state index contributed by atoms with van der Waals surface area (Å²) in [4.78, 5) is 12.6. The van der Waals surface area contributed by atoms with E-state index in [0.29, 0.717) is 17.3 Å². The van der Waals surface area contributed by atoms with Crippen molar-refractivity contribution in [3.63, 3.8) is 0 Å². The Morgan fingerprint density at radius 1 is 1.26 bits per heavy atom. The molecule has 2 aliphatic heterocycles. The molecule has 0 aromatic rings. The molecule has 0 radical (unpaired) electrons. The van der Waals surface area contributed by atoms with Gasteiger partial charge in [0.1, 0.15) is 12.0 Å². The Balaban J connectivity index is 1.20. The number of carbonyl (C=O) groups is 1. The highest BCUT2D eigenvalue weighted by atomic mass is 16.6. The zero-order valence-electron chi connectivity index (χ0n) is 16.9. The smallest absolute Gasteiger partial charge is 0.315 e. The Kier molecular flexibility index (Phi) is 4.63. The van der Waals surface area contributed by atoms with E-state index in [1.165, 1.54) is 51.4 Å². The second-order valence-electron chi connectivity index (χ2n) is 10.3. The summed E-state index contributed by atoms with van der Waals surface area (Å²) in [5.41, 5.74) is 2.10. The lowest BCUT2D eigenvalue weighted by molar-refractivity contribution is -0.658. The number of rotatable bonds is 5. The summed E-state index contributed by atoms with van der Waals surface area (Å²) in [5, 5.41) is 2.38. The lowest BCUT2D eigenvalue weighted by atomic mass is 9.53. The minimum absolute atomic E-state index is 0.0751. The van der Waals surface area contributed by atoms with Gasteiger partial charge in [0.05, 0.1) is 25.3 Å². The molecule has 0 unspecified atom stereocenters. The fourth-order valence-corrected chi connectivity index (χ4v) is 6.94. The largest absolute Gasteiger partial charge is 0.462 e. The number of ether oxygens (including phenoxy) is 2. The van der Waals surface area contributed by atoms with Crippen LogP contribution in [0.2, 0.25) is 0 Å². The number of epoxide rings is 1. The number of hydrogen-bond acceptors (Lipinski definition) is 3. The Morgan fingerprint density at radius 2 is 2.15 bits per heavy atom. The highest BCUT2D eigenvalue weighted by molar-refractivity contribution is 5.75. The van der Waals surface area contributed by atoms with Crippen LogP contribution in [0, 0.1) is 23.2 Å². The Morgan fingerprint density at radius 3 is 2.93 bits per heavy atom. The molecule has 1 spiro atoms. The summed E-state index contributed by atoms with van der Waals surface area (Å²) in [5.74, 6) is 1.22. The summed E-state index contributed by atoms with van der Waals surface area (Å²) < 4.78 is 11.9. The summed E-state index contributed by atoms with van der Waals surface area (Å²) in [6, 6.07) is 0. The Hall–Kier alpha value is -0.870. The van der Waals surface area contributed by atoms with Gasteiger partial charge in [0.2, 0.25) is 0 Å². The number of allylic oxidation sites excluding steroid dienone is 1. The average molecular weight is 375 g/mol. The first-order chi connectivity index (χ1) is 13.1. The first kappa shape index (κ1) is 18.2. The normalized spacial score (nSPS) is 45.8. The van der Waals surface area contributed by atoms with Gasteiger partial charge in [0, 0.05) is 12.3 Å². The molecule has 0 amide bonds. The van der Waals surface area contributed by atoms with Crippen LogP contribution in [0.25, 0.3) is 0 Å². The molecule has 6 atom stereocenters. The molecule has 27 heavy (non-hydrogen) atoms. The highest BCUT2D eigenvalue weighted by Crippen LogP contribution is 2.62. The third kappa shape index (κ3) is 3.27. The summed E-state index contributed by atoms with van der Waals surface area (Å²) >= 11 is 0. The van der Waals surface area contributed by atoms with E-state index >= 15 is 0 Å². The third-order valence-electron chi connectivity index (χ3n) is 8.55. The van der Waals surface area contributed by atoms with Crippen LogP contribution in [0.5, 0.6) is 0 Å². The fraction of sp³-hybridized carbons (Fsp3) is 0.870. The highest BCUT2D eigenvalue weighted by Gasteiger charge is 2.65. The maximum atomic E-state index is 12.6. The summed E-state index contributed by atoms with van der Waals surface area (Å²) in [6.45, 7) is 5.40. The first-order valence-corrected chi connectivity index (χ1v) is 11.4. The second-order valence-corrected chi connectivity index (χ2v) is 10.3. The Labute approximate surface area is 163 Å². The van der Waals surface area contributed by atoms with Gasteiger partial charge >= 0.3 is 5.97 Å². The number of carbonyl (C=O) groups excluding carboxylic acids is 1. The van der Waals surface area contributed by atoms with Crippen molar-refractivity contribution < 1.29 is 19.6 Å². The predicted octanol–water partition coefficient (Wildman–Crippen LogP) is 2.97. The minimum Gasteiger partial charge on any atom is -0.462 e. The van der Waals surface area contributed by atoms with Crippen molar-refractivity contribution >= 4 is 5.97 Å². The molecule has 2 N–H and O–H groups in total. The molecule has 2 heterocycles. The van der Waals surface area contributed by atoms with Crippen LogP contribution >= 0.6 is 0 Å². The fourth-order valence-electron chi connectivity index (χ4n) is 6.94. The lowest BCUT2D eigenvalue weighted by Gasteiger charge is -2.51. The minimum atomic E-state index is 0.0751. The molecule has 4 nitrogen and oxygen atoms in total. The van der Waals surface area contributed by atoms with Gasteiger partial charge in [-0.1, -0.05) is 18.6 Å². The van der Waals surface area contributed by atoms with E-state index < -0.39 is 0 Å². The van der Waals surface area contributed by atoms with E-state index in [0.717, 1.165) is 32.5 Å². The van der Waals surface area contributed by atoms with Crippen LogP contribution < -0.4 is 5.32 Å². The quantitative estimate of drug-likeness (QED) is 0.348. The van der Waals surface area contributed by atoms with Gasteiger partial charge in [-0.3, -0.25) is 4.79 Å². The summed E-state index contributed by atoms with van der Waals surface area (Å²) in [6.07, 6.45) is 15.0. The molecule has 2 saturated carbocycles. The van der Waals surface area contributed by atoms with Gasteiger partial charge in [-0.05, 0) is 69.1 Å². The molecule has 5 aliphatic rings. The maximum absolute atomic E-state index is 12.6. The van der Waals surface area contributed by atoms with Gasteiger partial charge in [0.25, 0.3) is 0 Å². The van der Waals surface area contributed by atoms with Crippen LogP contribution in [0.1, 0.15) is 71.1 Å². The van der Waals surface area contributed by atoms with Gasteiger partial charge in [0.15, 0.2) is 0 Å². The van der Waals surface area contributed by atoms with Crippen LogP contribution in [-0.4, -0.2) is 37.4 Å². The average Bonchev–Trinajstić information content (AvgIpc) is 3.36. The van der Waals surface area contributed by atoms with Crippen LogP contribution in [0.3, 0.4) is 0 Å². The Bertz CT molecular complexity index is 625. The molecule has 0 aromatic carbocycles. The second kappa shape index (κ2) is 6.88. The van der Waals surface area contributed by atoms with Crippen molar-refractivity contribution in [2.24, 2.45) is 23.2 Å². The van der Waals surface area contributed by atoms with Gasteiger partial charge in [-0.15, -0.1) is 0 Å². The monoisotopic (exact) mass is 374 g/mol. The van der Waals surface area contributed by atoms with E-state index in [2.05, 4.69) is 18.3 Å². The first-order valence-electron chi connectivity index (χ1n) is 11.4. The number of hydrogen-bond donors (Lipinski definition) is 1. The van der Waals surface area contributed by atoms with Crippen molar-refractivity contribution in [3.8, 4) is 0 Å². The molecule has 3 aliphatic carbocycles. The van der Waals surface area contributed by atoms with Crippen molar-refractivity contribution in [1.82, 2.24) is 0 Å². The van der Waals surface area contributed by atoms with E-state index in [-0.39, 0.29) is 23.6 Å². The number of fused-ring (bicyclic) bond motifs is 3. The van der Waals surface area contributed by atoms with Crippen molar-refractivity contribution in [1.29, 1.82) is 0 Å². The molecular weight excluding hydrogens is 338 g/mol. The molecular formula is C23H36NO3+. The molecule has 4 fully saturated rings. The zero-order valence-corrected chi connectivity index (χ0v) is 16.9. The van der Waals surface area contributed by atoms with Crippen molar-refractivity contribution in [2.75, 3.05) is 19.7 Å². The lowest BCUT2D eigenvalue weighted by Crippen LogP contribution is -2.86. The number of quaternary nitrogens is 1. The van der Waals surface area contributed by atoms with E-state index in [9.17, 15) is 4.79 Å². The molecule has 0 aromatic heterocycles. The van der Waals surface area contributed by atoms with Crippen molar-refractivity contribution in [2.45, 2.75) is 82.8 Å². The van der Waals surface area contributed by atoms with Gasteiger partial charge in [-0.25, -0.2) is 0 Å². The maximum Gasteiger partial charge on any atom is 0.315 e. The van der Waals surface area contributed by atoms with Crippen molar-refractivity contribution in [3.05, 3.63) is 11.6 Å². The van der Waals surface area contributed by atoms with E-state index in [1.54, 1.807) is 5.57 Å². The standard InChI is InChI=1S/C23H35NO3/c1-22-9-5-10-23(15-26-23)20(22)12-17-18(21(25)27-19(17)13-22)14-24-11-8-16-6-3-2-4-7-16/h6,17-20,24H,2-5,7-15H2,1H3/p+1/t17-,18-,19-,20-,22-,23+/m1/s1. The van der Waals surface area contributed by atoms with Crippen LogP contribution in [0.15, 0.2) is 11.6 Å². The van der Waals surface area contributed by atoms with E-state index in [1.807, 2.05) is 0 Å². The van der Waals surface area contributed by atoms with Crippen LogP contribution in [0.4, 0.5) is 0 Å². The molecule has 0 bridgehead atoms. The molecule has 2 saturated heterocycles. The van der Waals surface area contributed by atoms with Crippen LogP contribution in [-0.2, 0) is 14.3 Å². The number of esters is 1. The van der Waals surface area contributed by atoms with E-state index in [4.69, 9.17) is 9.47 Å². The summed E-state index contributed by atoms with van der Waals surface area (Å²) in [7, 11) is 0. The topological polar surface area (TPSA) is 55.4 Å². The third-order valence-corrected chi connectivity index (χ3v) is 8.55. The zero-order chi connectivity index (χ0) is 18.5. The molecule has 150 valence electrons. The predicted molar refractivity (Wildman–Crippen MR) is 103 cm³/mol. The SMILES string of the molecule is C[C@]12CCC[C@]3(CO3)[C@@H]1C[C@H]1[C@@H](C2)OC(=O)[C@@H]1C[NH2+]CCC1=CCCCC1.